The number of carbonyl (C=O) groups excluding carboxylic acids is 1. The van der Waals surface area contributed by atoms with Crippen LogP contribution in [0.5, 0.6) is 17.2 Å². The molecule has 3 N–H and O–H groups in total. The van der Waals surface area contributed by atoms with E-state index in [1.807, 2.05) is 47.8 Å². The molecule has 0 radical (unpaired) electrons. The minimum absolute atomic E-state index is 0.0874. The third-order valence-corrected chi connectivity index (χ3v) is 4.67. The van der Waals surface area contributed by atoms with Crippen molar-refractivity contribution in [1.29, 1.82) is 0 Å². The highest BCUT2D eigenvalue weighted by Crippen LogP contribution is 2.31. The second-order valence-electron chi connectivity index (χ2n) is 6.84. The van der Waals surface area contributed by atoms with Crippen molar-refractivity contribution in [1.82, 2.24) is 5.32 Å². The summed E-state index contributed by atoms with van der Waals surface area (Å²) in [6.07, 6.45) is 0. The van der Waals surface area contributed by atoms with E-state index >= 15 is 0 Å². The Bertz CT molecular complexity index is 1360. The number of benzene rings is 3. The number of aromatic hydroxyl groups is 1. The number of para-hydroxylation sites is 1. The Balaban J connectivity index is 1.62. The first kappa shape index (κ1) is 20.7. The van der Waals surface area contributed by atoms with Gasteiger partial charge in [-0.3, -0.25) is 9.59 Å². The quantitative estimate of drug-likeness (QED) is 0.397. The molecule has 0 aliphatic rings. The molecule has 0 atom stereocenters. The van der Waals surface area contributed by atoms with Gasteiger partial charge < -0.3 is 24.7 Å². The second-order valence-corrected chi connectivity index (χ2v) is 6.84. The van der Waals surface area contributed by atoms with Crippen LogP contribution in [0.15, 0.2) is 82.0 Å². The van der Waals surface area contributed by atoms with Crippen LogP contribution in [0.2, 0.25) is 0 Å². The predicted octanol–water partition coefficient (Wildman–Crippen LogP) is 3.77. The molecule has 1 amide bonds. The molecule has 4 rings (SSSR count). The number of rotatable bonds is 6. The average Bonchev–Trinajstić information content (AvgIpc) is 2.78. The van der Waals surface area contributed by atoms with Crippen LogP contribution in [0, 0.1) is 0 Å². The molecule has 3 aromatic carbocycles. The van der Waals surface area contributed by atoms with Gasteiger partial charge >= 0.3 is 11.6 Å². The van der Waals surface area contributed by atoms with E-state index in [1.54, 1.807) is 24.3 Å². The molecule has 1 heterocycles. The fourth-order valence-corrected chi connectivity index (χ4v) is 3.15. The minimum atomic E-state index is -1.28. The van der Waals surface area contributed by atoms with Crippen LogP contribution in [-0.2, 0) is 4.79 Å². The summed E-state index contributed by atoms with van der Waals surface area (Å²) in [5.74, 6) is -1.52. The van der Waals surface area contributed by atoms with Crippen molar-refractivity contribution in [3.63, 3.8) is 0 Å². The number of amides is 1. The fraction of sp³-hybridized carbons (Fsp3) is 0.0417. The standard InChI is InChI=1S/C24H17NO7/c26-20(27)13-25-23(29)21-22(28)18-11-8-15(12-19(18)32-24(21)30)14-6-9-17(10-7-14)31-16-4-2-1-3-5-16/h1-12,28H,13H2,(H,25,29)(H,26,27). The number of hydrogen-bond donors (Lipinski definition) is 3. The Labute approximate surface area is 181 Å². The summed E-state index contributed by atoms with van der Waals surface area (Å²) in [6, 6.07) is 21.4. The van der Waals surface area contributed by atoms with E-state index in [-0.39, 0.29) is 11.0 Å². The van der Waals surface area contributed by atoms with Crippen LogP contribution in [0.4, 0.5) is 0 Å². The van der Waals surface area contributed by atoms with Crippen molar-refractivity contribution in [2.75, 3.05) is 6.54 Å². The molecule has 32 heavy (non-hydrogen) atoms. The number of carbonyl (C=O) groups is 2. The Kier molecular flexibility index (Phi) is 5.59. The summed E-state index contributed by atoms with van der Waals surface area (Å²) >= 11 is 0. The molecule has 0 spiro atoms. The van der Waals surface area contributed by atoms with Gasteiger partial charge in [0.2, 0.25) is 0 Å². The molecule has 0 saturated carbocycles. The zero-order valence-corrected chi connectivity index (χ0v) is 16.6. The van der Waals surface area contributed by atoms with Crippen molar-refractivity contribution >= 4 is 22.8 Å². The summed E-state index contributed by atoms with van der Waals surface area (Å²) < 4.78 is 11.0. The number of carboxylic acid groups (broad SMARTS) is 1. The maximum Gasteiger partial charge on any atom is 0.353 e. The van der Waals surface area contributed by atoms with Crippen LogP contribution < -0.4 is 15.7 Å². The van der Waals surface area contributed by atoms with E-state index in [2.05, 4.69) is 0 Å². The molecule has 8 heteroatoms. The van der Waals surface area contributed by atoms with Crippen molar-refractivity contribution in [3.8, 4) is 28.4 Å². The molecule has 0 aliphatic carbocycles. The highest BCUT2D eigenvalue weighted by Gasteiger charge is 2.21. The molecule has 1 aromatic heterocycles. The van der Waals surface area contributed by atoms with Gasteiger partial charge in [0.15, 0.2) is 5.56 Å². The molecule has 8 nitrogen and oxygen atoms in total. The fourth-order valence-electron chi connectivity index (χ4n) is 3.15. The largest absolute Gasteiger partial charge is 0.506 e. The average molecular weight is 431 g/mol. The molecule has 0 aliphatic heterocycles. The molecule has 0 saturated heterocycles. The van der Waals surface area contributed by atoms with Gasteiger partial charge in [0.25, 0.3) is 5.91 Å². The van der Waals surface area contributed by atoms with Crippen LogP contribution in [0.1, 0.15) is 10.4 Å². The maximum atomic E-state index is 12.3. The lowest BCUT2D eigenvalue weighted by atomic mass is 10.0. The maximum absolute atomic E-state index is 12.3. The summed E-state index contributed by atoms with van der Waals surface area (Å²) in [5.41, 5.74) is -0.0907. The van der Waals surface area contributed by atoms with E-state index in [1.165, 1.54) is 6.07 Å². The topological polar surface area (TPSA) is 126 Å². The zero-order valence-electron chi connectivity index (χ0n) is 16.6. The number of hydrogen-bond acceptors (Lipinski definition) is 6. The van der Waals surface area contributed by atoms with Gasteiger partial charge in [-0.05, 0) is 47.5 Å². The molecule has 0 fully saturated rings. The number of carboxylic acids is 1. The predicted molar refractivity (Wildman–Crippen MR) is 116 cm³/mol. The summed E-state index contributed by atoms with van der Waals surface area (Å²) in [7, 11) is 0. The minimum Gasteiger partial charge on any atom is -0.506 e. The van der Waals surface area contributed by atoms with Gasteiger partial charge in [-0.15, -0.1) is 0 Å². The van der Waals surface area contributed by atoms with E-state index in [4.69, 9.17) is 14.3 Å². The number of fused-ring (bicyclic) bond motifs is 1. The van der Waals surface area contributed by atoms with Crippen LogP contribution >= 0.6 is 0 Å². The van der Waals surface area contributed by atoms with Crippen molar-refractivity contribution in [2.45, 2.75) is 0 Å². The number of ether oxygens (including phenoxy) is 1. The SMILES string of the molecule is O=C(O)CNC(=O)c1c(O)c2ccc(-c3ccc(Oc4ccccc4)cc3)cc2oc1=O. The lowest BCUT2D eigenvalue weighted by Gasteiger charge is -2.09. The van der Waals surface area contributed by atoms with Crippen molar-refractivity contribution in [2.24, 2.45) is 0 Å². The Morgan fingerprint density at radius 2 is 1.56 bits per heavy atom. The van der Waals surface area contributed by atoms with E-state index in [0.717, 1.165) is 11.1 Å². The summed E-state index contributed by atoms with van der Waals surface area (Å²) in [5, 5.41) is 21.3. The van der Waals surface area contributed by atoms with Gasteiger partial charge in [-0.1, -0.05) is 36.4 Å². The first-order valence-corrected chi connectivity index (χ1v) is 9.55. The molecular formula is C24H17NO7. The Morgan fingerprint density at radius 3 is 2.25 bits per heavy atom. The Morgan fingerprint density at radius 1 is 0.906 bits per heavy atom. The van der Waals surface area contributed by atoms with Gasteiger partial charge in [0, 0.05) is 0 Å². The zero-order chi connectivity index (χ0) is 22.7. The molecule has 0 unspecified atom stereocenters. The molecule has 4 aromatic rings. The van der Waals surface area contributed by atoms with Crippen molar-refractivity contribution < 1.29 is 29.0 Å². The normalized spacial score (nSPS) is 10.6. The smallest absolute Gasteiger partial charge is 0.353 e. The van der Waals surface area contributed by atoms with Crippen LogP contribution in [-0.4, -0.2) is 28.6 Å². The van der Waals surface area contributed by atoms with Crippen molar-refractivity contribution in [3.05, 3.63) is 88.8 Å². The van der Waals surface area contributed by atoms with Gasteiger partial charge in [0.05, 0.1) is 5.39 Å². The van der Waals surface area contributed by atoms with Gasteiger partial charge in [-0.2, -0.15) is 0 Å². The van der Waals surface area contributed by atoms with E-state index in [0.29, 0.717) is 11.5 Å². The van der Waals surface area contributed by atoms with E-state index in [9.17, 15) is 19.5 Å². The third-order valence-electron chi connectivity index (χ3n) is 4.67. The van der Waals surface area contributed by atoms with Gasteiger partial charge in [0.1, 0.15) is 29.4 Å². The number of aliphatic carboxylic acids is 1. The second kappa shape index (κ2) is 8.65. The highest BCUT2D eigenvalue weighted by molar-refractivity contribution is 6.02. The lowest BCUT2D eigenvalue weighted by molar-refractivity contribution is -0.135. The first-order valence-electron chi connectivity index (χ1n) is 9.55. The van der Waals surface area contributed by atoms with Crippen LogP contribution in [0.3, 0.4) is 0 Å². The number of nitrogens with one attached hydrogen (secondary N) is 1. The van der Waals surface area contributed by atoms with E-state index < -0.39 is 35.4 Å². The van der Waals surface area contributed by atoms with Crippen LogP contribution in [0.25, 0.3) is 22.1 Å². The summed E-state index contributed by atoms with van der Waals surface area (Å²) in [6.45, 7) is -0.696. The first-order chi connectivity index (χ1) is 15.4. The molecular weight excluding hydrogens is 414 g/mol. The Hall–Kier alpha value is -4.59. The molecule has 0 bridgehead atoms. The molecule has 160 valence electrons. The third kappa shape index (κ3) is 4.29. The monoisotopic (exact) mass is 431 g/mol. The van der Waals surface area contributed by atoms with Gasteiger partial charge in [-0.25, -0.2) is 4.79 Å². The highest BCUT2D eigenvalue weighted by atomic mass is 16.5. The summed E-state index contributed by atoms with van der Waals surface area (Å²) in [4.78, 5) is 34.9. The lowest BCUT2D eigenvalue weighted by Crippen LogP contribution is -2.32.